The standard InChI is InChI=1S/C24H22N4O4/c1-30-23-8-5-17(14-25-23)16-4-6-19-18(13-16)24(28-27-19)26-22(29)12-15-3-7-20-21(11-15)32-10-2-9-31-20/h3-8,11,13-14H,2,9-10,12H2,1H3,(H2,26,27,28,29). The van der Waals surface area contributed by atoms with Crippen LogP contribution in [0.5, 0.6) is 17.4 Å². The van der Waals surface area contributed by atoms with Crippen molar-refractivity contribution in [2.45, 2.75) is 12.8 Å². The van der Waals surface area contributed by atoms with Gasteiger partial charge in [-0.15, -0.1) is 0 Å². The molecule has 2 aromatic carbocycles. The van der Waals surface area contributed by atoms with Gasteiger partial charge in [0.1, 0.15) is 0 Å². The number of methoxy groups -OCH3 is 1. The third-order valence-electron chi connectivity index (χ3n) is 5.28. The van der Waals surface area contributed by atoms with Gasteiger partial charge in [0.25, 0.3) is 0 Å². The number of ether oxygens (including phenoxy) is 3. The van der Waals surface area contributed by atoms with Crippen molar-refractivity contribution < 1.29 is 19.0 Å². The van der Waals surface area contributed by atoms with E-state index >= 15 is 0 Å². The number of nitrogens with zero attached hydrogens (tertiary/aromatic N) is 2. The molecule has 8 nitrogen and oxygen atoms in total. The number of amides is 1. The van der Waals surface area contributed by atoms with Crippen molar-refractivity contribution in [2.75, 3.05) is 25.6 Å². The number of benzene rings is 2. The Kier molecular flexibility index (Phi) is 5.33. The molecule has 1 aliphatic rings. The molecule has 0 atom stereocenters. The van der Waals surface area contributed by atoms with Crippen LogP contribution in [0.1, 0.15) is 12.0 Å². The number of rotatable bonds is 5. The van der Waals surface area contributed by atoms with Crippen molar-refractivity contribution in [3.05, 3.63) is 60.3 Å². The average molecular weight is 430 g/mol. The molecule has 0 bridgehead atoms. The molecular weight excluding hydrogens is 408 g/mol. The minimum Gasteiger partial charge on any atom is -0.490 e. The highest BCUT2D eigenvalue weighted by Gasteiger charge is 2.15. The number of aromatic nitrogens is 3. The molecule has 2 N–H and O–H groups in total. The molecule has 5 rings (SSSR count). The number of H-pyrrole nitrogens is 1. The van der Waals surface area contributed by atoms with Gasteiger partial charge in [-0.2, -0.15) is 5.10 Å². The van der Waals surface area contributed by atoms with E-state index in [9.17, 15) is 4.79 Å². The largest absolute Gasteiger partial charge is 0.490 e. The first-order valence-corrected chi connectivity index (χ1v) is 10.4. The summed E-state index contributed by atoms with van der Waals surface area (Å²) in [4.78, 5) is 17.0. The number of fused-ring (bicyclic) bond motifs is 2. The summed E-state index contributed by atoms with van der Waals surface area (Å²) in [5, 5.41) is 11.0. The summed E-state index contributed by atoms with van der Waals surface area (Å²) in [7, 11) is 1.58. The van der Waals surface area contributed by atoms with E-state index in [0.717, 1.165) is 34.0 Å². The Hall–Kier alpha value is -4.07. The Labute approximate surface area is 184 Å². The van der Waals surface area contributed by atoms with Crippen molar-refractivity contribution >= 4 is 22.6 Å². The molecule has 3 heterocycles. The zero-order chi connectivity index (χ0) is 21.9. The maximum atomic E-state index is 12.7. The number of nitrogens with one attached hydrogen (secondary N) is 2. The van der Waals surface area contributed by atoms with Gasteiger partial charge in [0.05, 0.1) is 32.3 Å². The Bertz CT molecular complexity index is 1270. The molecule has 1 aliphatic heterocycles. The van der Waals surface area contributed by atoms with Crippen LogP contribution in [0.25, 0.3) is 22.0 Å². The van der Waals surface area contributed by atoms with Gasteiger partial charge >= 0.3 is 0 Å². The monoisotopic (exact) mass is 430 g/mol. The molecule has 2 aromatic heterocycles. The molecule has 0 unspecified atom stereocenters. The Morgan fingerprint density at radius 1 is 1.06 bits per heavy atom. The molecule has 0 saturated heterocycles. The molecule has 4 aromatic rings. The van der Waals surface area contributed by atoms with Crippen LogP contribution in [0.15, 0.2) is 54.7 Å². The van der Waals surface area contributed by atoms with Crippen molar-refractivity contribution in [3.8, 4) is 28.5 Å². The van der Waals surface area contributed by atoms with Crippen LogP contribution in [0.4, 0.5) is 5.82 Å². The average Bonchev–Trinajstić information content (AvgIpc) is 3.06. The zero-order valence-corrected chi connectivity index (χ0v) is 17.6. The van der Waals surface area contributed by atoms with Gasteiger partial charge in [-0.3, -0.25) is 9.89 Å². The van der Waals surface area contributed by atoms with E-state index in [0.29, 0.717) is 36.4 Å². The van der Waals surface area contributed by atoms with Crippen molar-refractivity contribution in [2.24, 2.45) is 0 Å². The summed E-state index contributed by atoms with van der Waals surface area (Å²) >= 11 is 0. The van der Waals surface area contributed by atoms with E-state index in [1.54, 1.807) is 13.3 Å². The third kappa shape index (κ3) is 4.07. The lowest BCUT2D eigenvalue weighted by atomic mass is 10.1. The summed E-state index contributed by atoms with van der Waals surface area (Å²) in [5.41, 5.74) is 3.59. The number of carbonyl (C=O) groups is 1. The highest BCUT2D eigenvalue weighted by atomic mass is 16.5. The maximum Gasteiger partial charge on any atom is 0.230 e. The van der Waals surface area contributed by atoms with Crippen LogP contribution in [0.3, 0.4) is 0 Å². The highest BCUT2D eigenvalue weighted by Crippen LogP contribution is 2.31. The number of hydrogen-bond acceptors (Lipinski definition) is 6. The second-order valence-corrected chi connectivity index (χ2v) is 7.48. The Morgan fingerprint density at radius 2 is 1.91 bits per heavy atom. The van der Waals surface area contributed by atoms with Crippen molar-refractivity contribution in [3.63, 3.8) is 0 Å². The molecule has 32 heavy (non-hydrogen) atoms. The predicted octanol–water partition coefficient (Wildman–Crippen LogP) is 3.98. The van der Waals surface area contributed by atoms with Crippen LogP contribution >= 0.6 is 0 Å². The van der Waals surface area contributed by atoms with E-state index < -0.39 is 0 Å². The van der Waals surface area contributed by atoms with Crippen LogP contribution in [-0.2, 0) is 11.2 Å². The SMILES string of the molecule is COc1ccc(-c2ccc3[nH]nc(NC(=O)Cc4ccc5c(c4)OCCCO5)c3c2)cn1. The van der Waals surface area contributed by atoms with E-state index in [4.69, 9.17) is 14.2 Å². The smallest absolute Gasteiger partial charge is 0.230 e. The van der Waals surface area contributed by atoms with Gasteiger partial charge in [-0.25, -0.2) is 4.98 Å². The molecule has 1 amide bonds. The number of hydrogen-bond donors (Lipinski definition) is 2. The number of pyridine rings is 1. The van der Waals surface area contributed by atoms with Crippen LogP contribution in [0.2, 0.25) is 0 Å². The quantitative estimate of drug-likeness (QED) is 0.497. The first kappa shape index (κ1) is 19.9. The molecule has 0 aliphatic carbocycles. The van der Waals surface area contributed by atoms with Gasteiger partial charge in [0.2, 0.25) is 11.8 Å². The second kappa shape index (κ2) is 8.58. The lowest BCUT2D eigenvalue weighted by Gasteiger charge is -2.09. The fourth-order valence-corrected chi connectivity index (χ4v) is 3.64. The molecule has 0 spiro atoms. The predicted molar refractivity (Wildman–Crippen MR) is 120 cm³/mol. The lowest BCUT2D eigenvalue weighted by molar-refractivity contribution is -0.115. The fourth-order valence-electron chi connectivity index (χ4n) is 3.64. The maximum absolute atomic E-state index is 12.7. The van der Waals surface area contributed by atoms with Gasteiger partial charge in [0.15, 0.2) is 17.3 Å². The minimum absolute atomic E-state index is 0.163. The van der Waals surface area contributed by atoms with Gasteiger partial charge < -0.3 is 19.5 Å². The molecule has 0 saturated carbocycles. The molecule has 8 heteroatoms. The molecular formula is C24H22N4O4. The van der Waals surface area contributed by atoms with E-state index in [1.807, 2.05) is 48.5 Å². The van der Waals surface area contributed by atoms with Crippen LogP contribution in [0, 0.1) is 0 Å². The van der Waals surface area contributed by atoms with Gasteiger partial charge in [-0.1, -0.05) is 12.1 Å². The molecule has 0 fully saturated rings. The Balaban J connectivity index is 1.34. The first-order chi connectivity index (χ1) is 15.7. The summed E-state index contributed by atoms with van der Waals surface area (Å²) in [6.45, 7) is 1.24. The fraction of sp³-hybridized carbons (Fsp3) is 0.208. The topological polar surface area (TPSA) is 98.4 Å². The van der Waals surface area contributed by atoms with Gasteiger partial charge in [-0.05, 0) is 41.5 Å². The summed E-state index contributed by atoms with van der Waals surface area (Å²) < 4.78 is 16.5. The van der Waals surface area contributed by atoms with Crippen molar-refractivity contribution in [1.29, 1.82) is 0 Å². The molecule has 0 radical (unpaired) electrons. The summed E-state index contributed by atoms with van der Waals surface area (Å²) in [6, 6.07) is 15.2. The summed E-state index contributed by atoms with van der Waals surface area (Å²) in [6.07, 6.45) is 2.79. The second-order valence-electron chi connectivity index (χ2n) is 7.48. The molecule has 162 valence electrons. The first-order valence-electron chi connectivity index (χ1n) is 10.4. The third-order valence-corrected chi connectivity index (χ3v) is 5.28. The normalized spacial score (nSPS) is 12.9. The highest BCUT2D eigenvalue weighted by molar-refractivity contribution is 6.01. The van der Waals surface area contributed by atoms with E-state index in [-0.39, 0.29) is 12.3 Å². The van der Waals surface area contributed by atoms with Crippen LogP contribution in [-0.4, -0.2) is 41.4 Å². The number of aromatic amines is 1. The van der Waals surface area contributed by atoms with Crippen LogP contribution < -0.4 is 19.5 Å². The zero-order valence-electron chi connectivity index (χ0n) is 17.6. The van der Waals surface area contributed by atoms with E-state index in [1.165, 1.54) is 0 Å². The lowest BCUT2D eigenvalue weighted by Crippen LogP contribution is -2.15. The van der Waals surface area contributed by atoms with E-state index in [2.05, 4.69) is 20.5 Å². The summed E-state index contributed by atoms with van der Waals surface area (Å²) in [5.74, 6) is 2.27. The number of anilines is 1. The van der Waals surface area contributed by atoms with Gasteiger partial charge in [0, 0.05) is 29.6 Å². The number of carbonyl (C=O) groups excluding carboxylic acids is 1. The Morgan fingerprint density at radius 3 is 2.72 bits per heavy atom. The minimum atomic E-state index is -0.163. The van der Waals surface area contributed by atoms with Crippen molar-refractivity contribution in [1.82, 2.24) is 15.2 Å².